The van der Waals surface area contributed by atoms with Crippen LogP contribution >= 0.6 is 0 Å². The van der Waals surface area contributed by atoms with Crippen molar-refractivity contribution in [2.45, 2.75) is 36.7 Å². The second-order valence-corrected chi connectivity index (χ2v) is 6.66. The number of rotatable bonds is 3. The zero-order valence-corrected chi connectivity index (χ0v) is 10.1. The molecule has 0 unspecified atom stereocenters. The van der Waals surface area contributed by atoms with E-state index in [1.165, 1.54) is 7.05 Å². The number of halogens is 3. The summed E-state index contributed by atoms with van der Waals surface area (Å²) in [5.41, 5.74) is 0. The van der Waals surface area contributed by atoms with E-state index < -0.39 is 33.9 Å². The van der Waals surface area contributed by atoms with E-state index in [4.69, 9.17) is 0 Å². The summed E-state index contributed by atoms with van der Waals surface area (Å²) in [6.45, 7) is -1.05. The van der Waals surface area contributed by atoms with E-state index in [-0.39, 0.29) is 0 Å². The molecule has 0 aromatic rings. The molecule has 3 nitrogen and oxygen atoms in total. The van der Waals surface area contributed by atoms with Gasteiger partial charge in [0.2, 0.25) is 0 Å². The summed E-state index contributed by atoms with van der Waals surface area (Å²) in [6.07, 6.45) is -1.53. The summed E-state index contributed by atoms with van der Waals surface area (Å²) in [6, 6.07) is -0.503. The molecule has 0 N–H and O–H groups in total. The molecule has 0 aromatic heterocycles. The van der Waals surface area contributed by atoms with Crippen molar-refractivity contribution in [2.75, 3.05) is 19.8 Å². The fourth-order valence-corrected chi connectivity index (χ4v) is 3.82. The fourth-order valence-electron chi connectivity index (χ4n) is 2.31. The molecule has 96 valence electrons. The summed E-state index contributed by atoms with van der Waals surface area (Å²) in [7, 11) is -1.93. The third kappa shape index (κ3) is 3.62. The predicted octanol–water partition coefficient (Wildman–Crippen LogP) is 1.45. The van der Waals surface area contributed by atoms with Crippen molar-refractivity contribution in [1.29, 1.82) is 0 Å². The van der Waals surface area contributed by atoms with Gasteiger partial charge in [-0.15, -0.1) is 0 Å². The number of sulfone groups is 1. The topological polar surface area (TPSA) is 37.4 Å². The van der Waals surface area contributed by atoms with Gasteiger partial charge in [0, 0.05) is 12.3 Å². The van der Waals surface area contributed by atoms with Gasteiger partial charge < -0.3 is 0 Å². The van der Waals surface area contributed by atoms with Gasteiger partial charge in [-0.1, -0.05) is 6.42 Å². The molecular weight excluding hydrogens is 243 g/mol. The maximum Gasteiger partial charge on any atom is 0.401 e. The molecule has 0 heterocycles. The minimum absolute atomic E-state index is 0.464. The summed E-state index contributed by atoms with van der Waals surface area (Å²) in [5.74, 6) is 0. The number of nitrogens with zero attached hydrogens (tertiary/aromatic N) is 1. The zero-order chi connectivity index (χ0) is 12.6. The first-order valence-corrected chi connectivity index (χ1v) is 7.02. The first-order chi connectivity index (χ1) is 7.11. The Hall–Kier alpha value is -0.300. The van der Waals surface area contributed by atoms with Gasteiger partial charge in [-0.2, -0.15) is 13.2 Å². The third-order valence-corrected chi connectivity index (χ3v) is 4.61. The predicted molar refractivity (Wildman–Crippen MR) is 55.0 cm³/mol. The summed E-state index contributed by atoms with van der Waals surface area (Å²) >= 11 is 0. The normalized spacial score (nSPS) is 27.6. The van der Waals surface area contributed by atoms with E-state index in [0.29, 0.717) is 19.3 Å². The van der Waals surface area contributed by atoms with Crippen molar-refractivity contribution < 1.29 is 21.6 Å². The molecule has 0 saturated heterocycles. The van der Waals surface area contributed by atoms with Crippen LogP contribution in [0.2, 0.25) is 0 Å². The van der Waals surface area contributed by atoms with Crippen molar-refractivity contribution in [3.05, 3.63) is 0 Å². The van der Waals surface area contributed by atoms with E-state index in [2.05, 4.69) is 0 Å². The summed E-state index contributed by atoms with van der Waals surface area (Å²) in [4.78, 5) is 1.11. The molecule has 0 radical (unpaired) electrons. The second-order valence-electron chi connectivity index (χ2n) is 4.40. The molecule has 1 fully saturated rings. The molecule has 1 rings (SSSR count). The Kier molecular flexibility index (Phi) is 3.89. The number of hydrogen-bond donors (Lipinski definition) is 0. The van der Waals surface area contributed by atoms with Crippen LogP contribution in [0.4, 0.5) is 13.2 Å². The van der Waals surface area contributed by atoms with Gasteiger partial charge in [0.25, 0.3) is 0 Å². The molecule has 2 atom stereocenters. The van der Waals surface area contributed by atoms with Gasteiger partial charge in [0.05, 0.1) is 11.8 Å². The highest BCUT2D eigenvalue weighted by Crippen LogP contribution is 2.30. The standard InChI is InChI=1S/C9H16F3NO2S/c1-13(6-9(10,11)12)7-4-3-5-8(7)16(2,14)15/h7-8H,3-6H2,1-2H3/t7-,8+/m0/s1. The third-order valence-electron chi connectivity index (χ3n) is 2.96. The highest BCUT2D eigenvalue weighted by Gasteiger charge is 2.40. The maximum absolute atomic E-state index is 12.2. The van der Waals surface area contributed by atoms with Crippen LogP contribution in [0.3, 0.4) is 0 Å². The first-order valence-electron chi connectivity index (χ1n) is 5.07. The lowest BCUT2D eigenvalue weighted by Gasteiger charge is -2.29. The quantitative estimate of drug-likeness (QED) is 0.769. The Labute approximate surface area is 93.5 Å². The van der Waals surface area contributed by atoms with E-state index in [0.717, 1.165) is 11.2 Å². The Morgan fingerprint density at radius 3 is 2.31 bits per heavy atom. The van der Waals surface area contributed by atoms with Crippen molar-refractivity contribution in [1.82, 2.24) is 4.90 Å². The number of hydrogen-bond acceptors (Lipinski definition) is 3. The molecule has 0 amide bonds. The lowest BCUT2D eigenvalue weighted by molar-refractivity contribution is -0.147. The highest BCUT2D eigenvalue weighted by molar-refractivity contribution is 7.91. The summed E-state index contributed by atoms with van der Waals surface area (Å²) < 4.78 is 59.4. The van der Waals surface area contributed by atoms with Gasteiger partial charge in [0.1, 0.15) is 0 Å². The van der Waals surface area contributed by atoms with Crippen LogP contribution in [0.15, 0.2) is 0 Å². The molecule has 0 aromatic carbocycles. The average Bonchev–Trinajstić information content (AvgIpc) is 2.45. The van der Waals surface area contributed by atoms with E-state index >= 15 is 0 Å². The zero-order valence-electron chi connectivity index (χ0n) is 9.29. The van der Waals surface area contributed by atoms with Crippen LogP contribution in [-0.2, 0) is 9.84 Å². The molecule has 16 heavy (non-hydrogen) atoms. The largest absolute Gasteiger partial charge is 0.401 e. The van der Waals surface area contributed by atoms with Gasteiger partial charge in [-0.05, 0) is 19.9 Å². The minimum Gasteiger partial charge on any atom is -0.294 e. The minimum atomic E-state index is -4.28. The van der Waals surface area contributed by atoms with Crippen LogP contribution in [0.1, 0.15) is 19.3 Å². The van der Waals surface area contributed by atoms with Crippen LogP contribution in [0.5, 0.6) is 0 Å². The lowest BCUT2D eigenvalue weighted by atomic mass is 10.2. The molecule has 1 saturated carbocycles. The van der Waals surface area contributed by atoms with Crippen molar-refractivity contribution in [3.63, 3.8) is 0 Å². The Morgan fingerprint density at radius 1 is 1.31 bits per heavy atom. The van der Waals surface area contributed by atoms with Crippen molar-refractivity contribution >= 4 is 9.84 Å². The Balaban J connectivity index is 2.72. The van der Waals surface area contributed by atoms with Crippen LogP contribution in [0.25, 0.3) is 0 Å². The van der Waals surface area contributed by atoms with Gasteiger partial charge in [0.15, 0.2) is 9.84 Å². The summed E-state index contributed by atoms with van der Waals surface area (Å²) in [5, 5.41) is -0.653. The van der Waals surface area contributed by atoms with E-state index in [1.54, 1.807) is 0 Å². The smallest absolute Gasteiger partial charge is 0.294 e. The van der Waals surface area contributed by atoms with Gasteiger partial charge >= 0.3 is 6.18 Å². The molecule has 1 aliphatic carbocycles. The van der Waals surface area contributed by atoms with Crippen LogP contribution in [-0.4, -0.2) is 50.6 Å². The van der Waals surface area contributed by atoms with Crippen LogP contribution < -0.4 is 0 Å². The maximum atomic E-state index is 12.2. The fraction of sp³-hybridized carbons (Fsp3) is 1.00. The van der Waals surface area contributed by atoms with E-state index in [9.17, 15) is 21.6 Å². The Morgan fingerprint density at radius 2 is 1.88 bits per heavy atom. The molecular formula is C9H16F3NO2S. The molecule has 0 bridgehead atoms. The highest BCUT2D eigenvalue weighted by atomic mass is 32.2. The van der Waals surface area contributed by atoms with Gasteiger partial charge in [-0.3, -0.25) is 4.90 Å². The average molecular weight is 259 g/mol. The molecule has 7 heteroatoms. The Bertz CT molecular complexity index is 339. The van der Waals surface area contributed by atoms with E-state index in [1.807, 2.05) is 0 Å². The van der Waals surface area contributed by atoms with Crippen LogP contribution in [0, 0.1) is 0 Å². The first kappa shape index (κ1) is 13.8. The number of alkyl halides is 3. The van der Waals surface area contributed by atoms with Crippen molar-refractivity contribution in [3.8, 4) is 0 Å². The molecule has 1 aliphatic rings. The molecule has 0 spiro atoms. The SMILES string of the molecule is CN(CC(F)(F)F)[C@H]1CCC[C@H]1S(C)(=O)=O. The van der Waals surface area contributed by atoms with Gasteiger partial charge in [-0.25, -0.2) is 8.42 Å². The van der Waals surface area contributed by atoms with Crippen molar-refractivity contribution in [2.24, 2.45) is 0 Å². The second kappa shape index (κ2) is 4.52. The monoisotopic (exact) mass is 259 g/mol. The lowest BCUT2D eigenvalue weighted by Crippen LogP contribution is -2.45. The molecule has 0 aliphatic heterocycles.